The summed E-state index contributed by atoms with van der Waals surface area (Å²) in [5, 5.41) is 12.7. The van der Waals surface area contributed by atoms with Gasteiger partial charge in [-0.25, -0.2) is 0 Å². The Morgan fingerprint density at radius 1 is 0.879 bits per heavy atom. The van der Waals surface area contributed by atoms with Gasteiger partial charge >= 0.3 is 0 Å². The summed E-state index contributed by atoms with van der Waals surface area (Å²) < 4.78 is 5.78. The minimum Gasteiger partial charge on any atom is -0.496 e. The fourth-order valence-corrected chi connectivity index (χ4v) is 5.99. The molecule has 1 heterocycles. The van der Waals surface area contributed by atoms with Crippen LogP contribution in [0.25, 0.3) is 0 Å². The summed E-state index contributed by atoms with van der Waals surface area (Å²) in [7, 11) is 4.02. The molecule has 5 atom stereocenters. The van der Waals surface area contributed by atoms with Crippen LogP contribution >= 0.6 is 0 Å². The molecule has 0 bridgehead atoms. The molecule has 1 saturated heterocycles. The van der Waals surface area contributed by atoms with E-state index >= 15 is 0 Å². The van der Waals surface area contributed by atoms with Crippen LogP contribution in [0.5, 0.6) is 5.75 Å². The van der Waals surface area contributed by atoms with Crippen LogP contribution in [0, 0.1) is 5.92 Å². The number of nitrogens with one attached hydrogen (secondary N) is 1. The van der Waals surface area contributed by atoms with Crippen molar-refractivity contribution in [3.63, 3.8) is 0 Å². The summed E-state index contributed by atoms with van der Waals surface area (Å²) in [5.41, 5.74) is 2.51. The van der Waals surface area contributed by atoms with Crippen molar-refractivity contribution in [1.29, 1.82) is 0 Å². The minimum atomic E-state index is -0.985. The predicted molar refractivity (Wildman–Crippen MR) is 134 cm³/mol. The van der Waals surface area contributed by atoms with Crippen molar-refractivity contribution in [3.8, 4) is 5.75 Å². The Morgan fingerprint density at radius 2 is 1.48 bits per heavy atom. The number of quaternary nitrogens is 1. The van der Waals surface area contributed by atoms with Crippen LogP contribution in [0.1, 0.15) is 67.8 Å². The molecule has 3 nitrogen and oxygen atoms in total. The fourth-order valence-electron chi connectivity index (χ4n) is 5.99. The number of likely N-dealkylation sites (tertiary alicyclic amines) is 1. The number of ether oxygens (including phenoxy) is 1. The lowest BCUT2D eigenvalue weighted by Gasteiger charge is -2.51. The number of hydrogen-bond donors (Lipinski definition) is 2. The zero-order valence-corrected chi connectivity index (χ0v) is 20.2. The van der Waals surface area contributed by atoms with Crippen molar-refractivity contribution in [2.24, 2.45) is 5.92 Å². The number of unbranched alkanes of at least 4 members (excludes halogenated alkanes) is 2. The van der Waals surface area contributed by atoms with Crippen LogP contribution in [0.3, 0.4) is 0 Å². The van der Waals surface area contributed by atoms with Gasteiger partial charge in [-0.1, -0.05) is 105 Å². The van der Waals surface area contributed by atoms with Gasteiger partial charge in [0, 0.05) is 29.0 Å². The zero-order chi connectivity index (χ0) is 23.3. The van der Waals surface area contributed by atoms with Gasteiger partial charge in [0.1, 0.15) is 23.4 Å². The molecule has 0 saturated carbocycles. The molecule has 0 aromatic heterocycles. The van der Waals surface area contributed by atoms with Gasteiger partial charge in [-0.15, -0.1) is 0 Å². The lowest BCUT2D eigenvalue weighted by molar-refractivity contribution is -0.958. The van der Waals surface area contributed by atoms with Crippen molar-refractivity contribution < 1.29 is 14.7 Å². The zero-order valence-electron chi connectivity index (χ0n) is 20.2. The number of rotatable bonds is 8. The third-order valence-electron chi connectivity index (χ3n) is 7.62. The van der Waals surface area contributed by atoms with Crippen molar-refractivity contribution in [1.82, 2.24) is 0 Å². The van der Waals surface area contributed by atoms with E-state index in [9.17, 15) is 5.11 Å². The van der Waals surface area contributed by atoms with Gasteiger partial charge in [-0.2, -0.15) is 0 Å². The second-order valence-electron chi connectivity index (χ2n) is 9.53. The summed E-state index contributed by atoms with van der Waals surface area (Å²) in [6, 6.07) is 29.9. The lowest BCUT2D eigenvalue weighted by atomic mass is 9.65. The molecular formula is C30H38NO2+. The van der Waals surface area contributed by atoms with Crippen LogP contribution in [0.2, 0.25) is 0 Å². The van der Waals surface area contributed by atoms with E-state index in [2.05, 4.69) is 80.7 Å². The van der Waals surface area contributed by atoms with Gasteiger partial charge in [0.15, 0.2) is 0 Å². The monoisotopic (exact) mass is 444 g/mol. The first kappa shape index (κ1) is 23.5. The molecule has 1 aliphatic rings. The average molecular weight is 445 g/mol. The summed E-state index contributed by atoms with van der Waals surface area (Å²) in [5.74, 6) is 0.862. The first-order chi connectivity index (χ1) is 16.1. The van der Waals surface area contributed by atoms with E-state index in [-0.39, 0.29) is 18.0 Å². The molecule has 3 aromatic rings. The molecule has 174 valence electrons. The van der Waals surface area contributed by atoms with Crippen LogP contribution in [0.4, 0.5) is 0 Å². The maximum absolute atomic E-state index is 12.7. The van der Waals surface area contributed by atoms with E-state index in [0.717, 1.165) is 24.2 Å². The number of benzene rings is 3. The van der Waals surface area contributed by atoms with E-state index in [0.29, 0.717) is 6.42 Å². The number of aliphatic hydroxyl groups is 1. The van der Waals surface area contributed by atoms with Crippen LogP contribution in [0.15, 0.2) is 84.9 Å². The number of methoxy groups -OCH3 is 1. The minimum absolute atomic E-state index is 0.0858. The first-order valence-electron chi connectivity index (χ1n) is 12.4. The highest BCUT2D eigenvalue weighted by Crippen LogP contribution is 2.50. The second kappa shape index (κ2) is 10.5. The number of hydrogen-bond acceptors (Lipinski definition) is 2. The van der Waals surface area contributed by atoms with Gasteiger partial charge in [0.25, 0.3) is 0 Å². The molecule has 1 fully saturated rings. The van der Waals surface area contributed by atoms with Gasteiger partial charge in [0.2, 0.25) is 0 Å². The lowest BCUT2D eigenvalue weighted by Crippen LogP contribution is -3.12. The largest absolute Gasteiger partial charge is 0.496 e. The highest BCUT2D eigenvalue weighted by molar-refractivity contribution is 5.40. The Kier molecular flexibility index (Phi) is 7.52. The highest BCUT2D eigenvalue weighted by Gasteiger charge is 2.55. The van der Waals surface area contributed by atoms with Gasteiger partial charge in [-0.3, -0.25) is 0 Å². The standard InChI is InChI=1S/C30H37NO2/c1-4-5-8-20-26-29(24-17-11-7-12-18-24)31(2)27(23-15-9-6-10-16-23)22-30(26,32)25-19-13-14-21-28(25)33-3/h6-7,9-19,21,26-27,29,32H,4-5,8,20,22H2,1-3H3/p+1/t26-,27-,29+,30-/m0/s1. The van der Waals surface area contributed by atoms with E-state index in [4.69, 9.17) is 4.74 Å². The van der Waals surface area contributed by atoms with Crippen molar-refractivity contribution >= 4 is 0 Å². The van der Waals surface area contributed by atoms with E-state index in [1.165, 1.54) is 28.9 Å². The predicted octanol–water partition coefficient (Wildman–Crippen LogP) is 5.48. The fraction of sp³-hybridized carbons (Fsp3) is 0.400. The quantitative estimate of drug-likeness (QED) is 0.451. The third kappa shape index (κ3) is 4.71. The maximum atomic E-state index is 12.7. The smallest absolute Gasteiger partial charge is 0.124 e. The van der Waals surface area contributed by atoms with E-state index in [1.807, 2.05) is 18.2 Å². The molecule has 33 heavy (non-hydrogen) atoms. The van der Waals surface area contributed by atoms with Crippen LogP contribution < -0.4 is 9.64 Å². The summed E-state index contributed by atoms with van der Waals surface area (Å²) in [4.78, 5) is 1.45. The second-order valence-corrected chi connectivity index (χ2v) is 9.53. The Hall–Kier alpha value is -2.62. The Balaban J connectivity index is 1.88. The SMILES string of the molecule is CCCCC[C@H]1[C@@H](c2ccccc2)[NH+](C)[C@H](c2ccccc2)C[C@]1(O)c1ccccc1OC. The van der Waals surface area contributed by atoms with E-state index in [1.54, 1.807) is 7.11 Å². The Morgan fingerprint density at radius 3 is 2.12 bits per heavy atom. The summed E-state index contributed by atoms with van der Waals surface area (Å²) in [6.07, 6.45) is 5.13. The molecule has 3 aromatic carbocycles. The number of para-hydroxylation sites is 1. The van der Waals surface area contributed by atoms with Gasteiger partial charge in [0.05, 0.1) is 14.2 Å². The molecular weight excluding hydrogens is 406 g/mol. The molecule has 0 aliphatic carbocycles. The molecule has 0 radical (unpaired) electrons. The van der Waals surface area contributed by atoms with Crippen molar-refractivity contribution in [3.05, 3.63) is 102 Å². The highest BCUT2D eigenvalue weighted by atomic mass is 16.5. The molecule has 1 aliphatic heterocycles. The molecule has 4 rings (SSSR count). The normalized spacial score (nSPS) is 27.3. The van der Waals surface area contributed by atoms with Crippen LogP contribution in [-0.2, 0) is 5.60 Å². The number of piperidine rings is 1. The molecule has 0 spiro atoms. The average Bonchev–Trinajstić information content (AvgIpc) is 2.87. The molecule has 3 heteroatoms. The summed E-state index contributed by atoms with van der Waals surface area (Å²) in [6.45, 7) is 2.24. The van der Waals surface area contributed by atoms with Crippen molar-refractivity contribution in [2.45, 2.75) is 56.7 Å². The maximum Gasteiger partial charge on any atom is 0.124 e. The molecule has 1 unspecified atom stereocenters. The summed E-state index contributed by atoms with van der Waals surface area (Å²) >= 11 is 0. The van der Waals surface area contributed by atoms with Gasteiger partial charge in [-0.05, 0) is 12.5 Å². The first-order valence-corrected chi connectivity index (χ1v) is 12.4. The molecule has 0 amide bonds. The Bertz CT molecular complexity index is 1010. The molecule has 2 N–H and O–H groups in total. The Labute approximate surface area is 199 Å². The van der Waals surface area contributed by atoms with E-state index < -0.39 is 5.60 Å². The van der Waals surface area contributed by atoms with Gasteiger partial charge < -0.3 is 14.7 Å². The third-order valence-corrected chi connectivity index (χ3v) is 7.62. The van der Waals surface area contributed by atoms with Crippen molar-refractivity contribution in [2.75, 3.05) is 14.2 Å². The van der Waals surface area contributed by atoms with Crippen LogP contribution in [-0.4, -0.2) is 19.3 Å². The topological polar surface area (TPSA) is 33.9 Å².